The number of amides is 2. The minimum Gasteiger partial charge on any atom is -0.316 e. The summed E-state index contributed by atoms with van der Waals surface area (Å²) in [5.41, 5.74) is 6.35. The number of hydrogen-bond acceptors (Lipinski definition) is 5. The fraction of sp³-hybridized carbons (Fsp3) is 0.222. The molecule has 0 fully saturated rings. The highest BCUT2D eigenvalue weighted by atomic mass is 19.4. The number of hydrazine groups is 1. The monoisotopic (exact) mass is 462 g/mol. The van der Waals surface area contributed by atoms with E-state index in [0.717, 1.165) is 23.3 Å². The molecular formula is C18H16F6N6O2. The molecule has 0 aliphatic heterocycles. The predicted molar refractivity (Wildman–Crippen MR) is 99.9 cm³/mol. The highest BCUT2D eigenvalue weighted by Gasteiger charge is 2.37. The van der Waals surface area contributed by atoms with E-state index in [1.54, 1.807) is 0 Å². The molecule has 0 spiro atoms. The van der Waals surface area contributed by atoms with Crippen molar-refractivity contribution in [1.82, 2.24) is 25.6 Å². The number of carbonyl (C=O) groups excluding carboxylic acids is 2. The first-order valence-electron chi connectivity index (χ1n) is 8.58. The van der Waals surface area contributed by atoms with Crippen molar-refractivity contribution in [3.05, 3.63) is 53.9 Å². The van der Waals surface area contributed by atoms with Crippen LogP contribution in [0.15, 0.2) is 42.8 Å². The summed E-state index contributed by atoms with van der Waals surface area (Å²) in [5, 5.41) is 3.73. The van der Waals surface area contributed by atoms with Gasteiger partial charge in [-0.3, -0.25) is 20.4 Å². The molecule has 14 heteroatoms. The minimum atomic E-state index is -5.02. The fourth-order valence-corrected chi connectivity index (χ4v) is 2.17. The minimum absolute atomic E-state index is 0.0151. The molecule has 0 saturated carbocycles. The Morgan fingerprint density at radius 3 is 2.16 bits per heavy atom. The molecule has 4 N–H and O–H groups in total. The Hall–Kier alpha value is -3.68. The molecule has 2 amide bonds. The number of benzene rings is 1. The van der Waals surface area contributed by atoms with Crippen molar-refractivity contribution in [2.45, 2.75) is 25.3 Å². The molecule has 1 heterocycles. The van der Waals surface area contributed by atoms with Crippen molar-refractivity contribution in [1.29, 1.82) is 0 Å². The number of nitrogens with one attached hydrogen (secondary N) is 2. The van der Waals surface area contributed by atoms with Gasteiger partial charge >= 0.3 is 12.4 Å². The third-order valence-electron chi connectivity index (χ3n) is 3.86. The Kier molecular flexibility index (Phi) is 7.08. The Balaban J connectivity index is 2.18. The normalized spacial score (nSPS) is 13.1. The second-order valence-electron chi connectivity index (χ2n) is 6.46. The molecule has 172 valence electrons. The third-order valence-corrected chi connectivity index (χ3v) is 3.86. The van der Waals surface area contributed by atoms with Crippen LogP contribution in [0.5, 0.6) is 0 Å². The Morgan fingerprint density at radius 1 is 1.09 bits per heavy atom. The van der Waals surface area contributed by atoms with E-state index in [1.165, 1.54) is 6.92 Å². The number of halogens is 6. The van der Waals surface area contributed by atoms with Gasteiger partial charge in [-0.15, -0.1) is 5.10 Å². The first-order chi connectivity index (χ1) is 14.7. The average molecular weight is 462 g/mol. The molecule has 0 aliphatic carbocycles. The smallest absolute Gasteiger partial charge is 0.316 e. The van der Waals surface area contributed by atoms with E-state index in [0.29, 0.717) is 17.7 Å². The quantitative estimate of drug-likeness (QED) is 0.273. The van der Waals surface area contributed by atoms with E-state index in [4.69, 9.17) is 5.73 Å². The summed E-state index contributed by atoms with van der Waals surface area (Å²) in [6.45, 7) is 5.00. The maximum atomic E-state index is 13.0. The molecule has 0 bridgehead atoms. The van der Waals surface area contributed by atoms with E-state index in [-0.39, 0.29) is 6.07 Å². The van der Waals surface area contributed by atoms with Gasteiger partial charge in [0.05, 0.1) is 11.1 Å². The third kappa shape index (κ3) is 6.41. The van der Waals surface area contributed by atoms with Crippen LogP contribution in [0.1, 0.15) is 18.1 Å². The van der Waals surface area contributed by atoms with E-state index in [9.17, 15) is 35.9 Å². The van der Waals surface area contributed by atoms with Gasteiger partial charge in [-0.2, -0.15) is 26.3 Å². The van der Waals surface area contributed by atoms with Gasteiger partial charge in [0.25, 0.3) is 11.8 Å². The molecule has 1 atom stereocenters. The van der Waals surface area contributed by atoms with Gasteiger partial charge in [0.15, 0.2) is 5.82 Å². The predicted octanol–water partition coefficient (Wildman–Crippen LogP) is 2.50. The lowest BCUT2D eigenvalue weighted by Gasteiger charge is -2.13. The van der Waals surface area contributed by atoms with Gasteiger partial charge in [-0.05, 0) is 25.1 Å². The van der Waals surface area contributed by atoms with E-state index in [1.807, 2.05) is 10.9 Å². The maximum absolute atomic E-state index is 13.0. The van der Waals surface area contributed by atoms with Crippen LogP contribution in [0, 0.1) is 0 Å². The molecule has 8 nitrogen and oxygen atoms in total. The largest absolute Gasteiger partial charge is 0.416 e. The fourth-order valence-electron chi connectivity index (χ4n) is 2.17. The lowest BCUT2D eigenvalue weighted by Crippen LogP contribution is -2.49. The molecule has 2 aromatic rings. The number of carbonyl (C=O) groups is 2. The van der Waals surface area contributed by atoms with E-state index >= 15 is 0 Å². The zero-order valence-electron chi connectivity index (χ0n) is 16.3. The highest BCUT2D eigenvalue weighted by molar-refractivity contribution is 5.93. The maximum Gasteiger partial charge on any atom is 0.416 e. The van der Waals surface area contributed by atoms with Gasteiger partial charge in [0, 0.05) is 17.8 Å². The van der Waals surface area contributed by atoms with Crippen molar-refractivity contribution >= 4 is 18.0 Å². The molecule has 1 aromatic heterocycles. The van der Waals surface area contributed by atoms with Gasteiger partial charge in [-0.1, -0.05) is 12.2 Å². The summed E-state index contributed by atoms with van der Waals surface area (Å²) < 4.78 is 78.7. The average Bonchev–Trinajstić information content (AvgIpc) is 3.17. The van der Waals surface area contributed by atoms with Gasteiger partial charge in [0.1, 0.15) is 12.4 Å². The van der Waals surface area contributed by atoms with Gasteiger partial charge in [-0.25, -0.2) is 9.67 Å². The van der Waals surface area contributed by atoms with Crippen molar-refractivity contribution < 1.29 is 35.9 Å². The highest BCUT2D eigenvalue weighted by Crippen LogP contribution is 2.37. The standard InChI is InChI=1S/C18H16F6N6O2/c1-9(2)14(25)16(32)28-27-13(31)3-4-30-8-26-15(29-30)10-5-11(17(19,20)21)7-12(6-10)18(22,23)24/h3-8,14H,1,25H2,2H3,(H,27,31)(H,28,32)/b4-3-/t14-/m1/s1. The van der Waals surface area contributed by atoms with Crippen LogP contribution in [0.4, 0.5) is 26.3 Å². The first kappa shape index (κ1) is 24.6. The summed E-state index contributed by atoms with van der Waals surface area (Å²) in [7, 11) is 0. The van der Waals surface area contributed by atoms with Crippen LogP contribution >= 0.6 is 0 Å². The summed E-state index contributed by atoms with van der Waals surface area (Å²) in [6.07, 6.45) is -7.20. The van der Waals surface area contributed by atoms with E-state index in [2.05, 4.69) is 16.7 Å². The lowest BCUT2D eigenvalue weighted by molar-refractivity contribution is -0.143. The number of rotatable bonds is 5. The molecule has 0 radical (unpaired) electrons. The molecule has 0 aliphatic rings. The van der Waals surface area contributed by atoms with Gasteiger partial charge in [0.2, 0.25) is 0 Å². The number of nitrogens with zero attached hydrogens (tertiary/aromatic N) is 3. The zero-order chi connectivity index (χ0) is 24.3. The van der Waals surface area contributed by atoms with Crippen molar-refractivity contribution in [2.24, 2.45) is 5.73 Å². The van der Waals surface area contributed by atoms with Crippen LogP contribution in [-0.4, -0.2) is 32.6 Å². The first-order valence-corrected chi connectivity index (χ1v) is 8.58. The molecule has 1 aromatic carbocycles. The summed E-state index contributed by atoms with van der Waals surface area (Å²) in [6, 6.07) is -0.109. The van der Waals surface area contributed by atoms with Crippen molar-refractivity contribution in [3.8, 4) is 11.4 Å². The number of nitrogens with two attached hydrogens (primary N) is 1. The molecule has 0 unspecified atom stereocenters. The Bertz CT molecular complexity index is 1020. The van der Waals surface area contributed by atoms with Crippen LogP contribution in [0.3, 0.4) is 0 Å². The number of hydrogen-bond donors (Lipinski definition) is 3. The molecular weight excluding hydrogens is 446 g/mol. The number of aromatic nitrogens is 3. The topological polar surface area (TPSA) is 115 Å². The summed E-state index contributed by atoms with van der Waals surface area (Å²) in [5.74, 6) is -2.00. The number of alkyl halides is 6. The second kappa shape index (κ2) is 9.21. The van der Waals surface area contributed by atoms with Crippen LogP contribution in [0.25, 0.3) is 17.6 Å². The van der Waals surface area contributed by atoms with Gasteiger partial charge < -0.3 is 5.73 Å². The Labute approximate surface area is 176 Å². The molecule has 0 saturated heterocycles. The lowest BCUT2D eigenvalue weighted by atomic mass is 10.0. The zero-order valence-corrected chi connectivity index (χ0v) is 16.3. The van der Waals surface area contributed by atoms with Crippen LogP contribution in [-0.2, 0) is 21.9 Å². The Morgan fingerprint density at radius 2 is 1.66 bits per heavy atom. The van der Waals surface area contributed by atoms with E-state index < -0.39 is 52.7 Å². The van der Waals surface area contributed by atoms with Crippen molar-refractivity contribution in [2.75, 3.05) is 0 Å². The molecule has 32 heavy (non-hydrogen) atoms. The SMILES string of the molecule is C=C(C)[C@@H](N)C(=O)NNC(=O)/C=C\n1cnc(-c2cc(C(F)(F)F)cc(C(F)(F)F)c2)n1. The van der Waals surface area contributed by atoms with Crippen LogP contribution < -0.4 is 16.6 Å². The summed E-state index contributed by atoms with van der Waals surface area (Å²) >= 11 is 0. The second-order valence-corrected chi connectivity index (χ2v) is 6.46. The molecule has 2 rings (SSSR count). The summed E-state index contributed by atoms with van der Waals surface area (Å²) in [4.78, 5) is 27.0. The van der Waals surface area contributed by atoms with Crippen molar-refractivity contribution in [3.63, 3.8) is 0 Å². The van der Waals surface area contributed by atoms with Crippen LogP contribution in [0.2, 0.25) is 0 Å².